The number of amides is 2. The van der Waals surface area contributed by atoms with Gasteiger partial charge in [-0.25, -0.2) is 0 Å². The molecule has 2 rings (SSSR count). The van der Waals surface area contributed by atoms with Crippen LogP contribution in [0.2, 0.25) is 0 Å². The molecule has 1 atom stereocenters. The van der Waals surface area contributed by atoms with Gasteiger partial charge in [-0.3, -0.25) is 14.3 Å². The zero-order valence-corrected chi connectivity index (χ0v) is 15.9. The summed E-state index contributed by atoms with van der Waals surface area (Å²) in [5.41, 5.74) is 0.896. The fraction of sp³-hybridized carbons (Fsp3) is 0.533. The van der Waals surface area contributed by atoms with Crippen LogP contribution in [-0.2, 0) is 11.8 Å². The average Bonchev–Trinajstić information content (AvgIpc) is 3.06. The van der Waals surface area contributed by atoms with Gasteiger partial charge in [-0.15, -0.1) is 23.7 Å². The summed E-state index contributed by atoms with van der Waals surface area (Å²) >= 11 is 1.38. The molecule has 2 heterocycles. The summed E-state index contributed by atoms with van der Waals surface area (Å²) in [6.07, 6.45) is 0.853. The number of halogens is 1. The highest BCUT2D eigenvalue weighted by Gasteiger charge is 2.19. The molecule has 2 aromatic heterocycles. The Morgan fingerprint density at radius 1 is 1.38 bits per heavy atom. The quantitative estimate of drug-likeness (QED) is 0.636. The topological polar surface area (TPSA) is 88.0 Å². The molecule has 24 heavy (non-hydrogen) atoms. The molecule has 0 aromatic carbocycles. The van der Waals surface area contributed by atoms with Gasteiger partial charge in [0.25, 0.3) is 5.91 Å². The van der Waals surface area contributed by atoms with E-state index >= 15 is 0 Å². The molecule has 0 aliphatic rings. The Hall–Kier alpha value is -1.64. The number of fused-ring (bicyclic) bond motifs is 1. The van der Waals surface area contributed by atoms with Crippen LogP contribution in [0.4, 0.5) is 0 Å². The first kappa shape index (κ1) is 20.4. The van der Waals surface area contributed by atoms with E-state index in [4.69, 9.17) is 0 Å². The minimum atomic E-state index is -0.568. The monoisotopic (exact) mass is 373 g/mol. The Labute approximate surface area is 151 Å². The molecular weight excluding hydrogens is 350 g/mol. The molecule has 2 aromatic rings. The second-order valence-electron chi connectivity index (χ2n) is 5.48. The van der Waals surface area contributed by atoms with Crippen molar-refractivity contribution in [3.8, 4) is 0 Å². The summed E-state index contributed by atoms with van der Waals surface area (Å²) in [5.74, 6) is -0.406. The maximum Gasteiger partial charge on any atom is 0.262 e. The Kier molecular flexibility index (Phi) is 7.65. The molecule has 0 saturated heterocycles. The van der Waals surface area contributed by atoms with Gasteiger partial charge in [-0.1, -0.05) is 0 Å². The van der Waals surface area contributed by atoms with Crippen LogP contribution >= 0.6 is 23.7 Å². The van der Waals surface area contributed by atoms with Crippen LogP contribution in [0.1, 0.15) is 28.7 Å². The Bertz CT molecular complexity index is 678. The molecule has 0 fully saturated rings. The molecule has 0 aliphatic carbocycles. The number of aromatic nitrogens is 2. The van der Waals surface area contributed by atoms with Gasteiger partial charge < -0.3 is 16.0 Å². The number of rotatable bonds is 7. The van der Waals surface area contributed by atoms with Gasteiger partial charge in [-0.05, 0) is 39.9 Å². The van der Waals surface area contributed by atoms with Crippen molar-refractivity contribution in [2.24, 2.45) is 7.05 Å². The van der Waals surface area contributed by atoms with Crippen molar-refractivity contribution in [2.75, 3.05) is 20.1 Å². The number of aryl methyl sites for hydroxylation is 2. The number of carbonyl (C=O) groups is 2. The summed E-state index contributed by atoms with van der Waals surface area (Å²) in [6.45, 7) is 5.03. The third kappa shape index (κ3) is 4.68. The van der Waals surface area contributed by atoms with E-state index in [1.807, 2.05) is 27.1 Å². The third-order valence-corrected chi connectivity index (χ3v) is 4.76. The molecule has 134 valence electrons. The molecule has 0 saturated carbocycles. The Balaban J connectivity index is 0.00000288. The highest BCUT2D eigenvalue weighted by atomic mass is 35.5. The van der Waals surface area contributed by atoms with Crippen molar-refractivity contribution in [3.63, 3.8) is 0 Å². The van der Waals surface area contributed by atoms with E-state index in [1.54, 1.807) is 11.6 Å². The summed E-state index contributed by atoms with van der Waals surface area (Å²) in [6, 6.07) is 1.26. The molecule has 0 bridgehead atoms. The molecule has 2 amide bonds. The van der Waals surface area contributed by atoms with Crippen LogP contribution in [0.3, 0.4) is 0 Å². The zero-order chi connectivity index (χ0) is 17.0. The van der Waals surface area contributed by atoms with Crippen LogP contribution in [0.15, 0.2) is 6.07 Å². The number of thiophene rings is 1. The SMILES string of the molecule is CNCCCNC(=O)C(C)NC(=O)c1cc2c(C)nn(C)c2s1.Cl. The lowest BCUT2D eigenvalue weighted by atomic mass is 10.2. The van der Waals surface area contributed by atoms with E-state index < -0.39 is 6.04 Å². The van der Waals surface area contributed by atoms with E-state index in [2.05, 4.69) is 21.0 Å². The van der Waals surface area contributed by atoms with Gasteiger partial charge in [0.15, 0.2) is 0 Å². The maximum absolute atomic E-state index is 12.3. The number of nitrogens with zero attached hydrogens (tertiary/aromatic N) is 2. The zero-order valence-electron chi connectivity index (χ0n) is 14.3. The van der Waals surface area contributed by atoms with Crippen molar-refractivity contribution >= 4 is 45.8 Å². The van der Waals surface area contributed by atoms with Gasteiger partial charge in [0.05, 0.1) is 10.6 Å². The lowest BCUT2D eigenvalue weighted by Gasteiger charge is -2.13. The molecule has 9 heteroatoms. The lowest BCUT2D eigenvalue weighted by Crippen LogP contribution is -2.45. The fourth-order valence-corrected chi connectivity index (χ4v) is 3.31. The molecule has 1 unspecified atom stereocenters. The van der Waals surface area contributed by atoms with Crippen LogP contribution in [0.25, 0.3) is 10.2 Å². The smallest absolute Gasteiger partial charge is 0.262 e. The molecule has 0 spiro atoms. The van der Waals surface area contributed by atoms with Crippen molar-refractivity contribution in [2.45, 2.75) is 26.3 Å². The van der Waals surface area contributed by atoms with Gasteiger partial charge in [0.2, 0.25) is 5.91 Å². The first-order valence-corrected chi connectivity index (χ1v) is 8.42. The van der Waals surface area contributed by atoms with E-state index in [9.17, 15) is 9.59 Å². The first-order chi connectivity index (χ1) is 10.9. The molecule has 0 aliphatic heterocycles. The maximum atomic E-state index is 12.3. The second kappa shape index (κ2) is 9.00. The predicted molar refractivity (Wildman–Crippen MR) is 99.1 cm³/mol. The number of hydrogen-bond acceptors (Lipinski definition) is 5. The van der Waals surface area contributed by atoms with Gasteiger partial charge >= 0.3 is 0 Å². The first-order valence-electron chi connectivity index (χ1n) is 7.60. The largest absolute Gasteiger partial charge is 0.354 e. The van der Waals surface area contributed by atoms with Crippen LogP contribution in [-0.4, -0.2) is 47.8 Å². The summed E-state index contributed by atoms with van der Waals surface area (Å²) in [7, 11) is 3.72. The number of nitrogens with one attached hydrogen (secondary N) is 3. The third-order valence-electron chi connectivity index (χ3n) is 3.56. The van der Waals surface area contributed by atoms with E-state index in [0.29, 0.717) is 11.4 Å². The standard InChI is InChI=1S/C15H23N5O2S.ClH/c1-9-11-8-12(23-15(11)20(4)19-9)14(22)18-10(2)13(21)17-7-5-6-16-3;/h8,10,16H,5-7H2,1-4H3,(H,17,21)(H,18,22);1H. The molecule has 0 radical (unpaired) electrons. The van der Waals surface area contributed by atoms with Crippen LogP contribution in [0, 0.1) is 6.92 Å². The minimum absolute atomic E-state index is 0. The van der Waals surface area contributed by atoms with Gasteiger partial charge in [0.1, 0.15) is 10.9 Å². The van der Waals surface area contributed by atoms with E-state index in [0.717, 1.165) is 28.9 Å². The average molecular weight is 374 g/mol. The summed E-state index contributed by atoms with van der Waals surface area (Å²) < 4.78 is 1.77. The van der Waals surface area contributed by atoms with Gasteiger partial charge in [0, 0.05) is 19.0 Å². The van der Waals surface area contributed by atoms with Crippen LogP contribution in [0.5, 0.6) is 0 Å². The fourth-order valence-electron chi connectivity index (χ4n) is 2.28. The minimum Gasteiger partial charge on any atom is -0.354 e. The molecular formula is C15H24ClN5O2S. The molecule has 7 nitrogen and oxygen atoms in total. The second-order valence-corrected chi connectivity index (χ2v) is 6.51. The summed E-state index contributed by atoms with van der Waals surface area (Å²) in [4.78, 5) is 25.8. The number of carbonyl (C=O) groups excluding carboxylic acids is 2. The highest BCUT2D eigenvalue weighted by molar-refractivity contribution is 7.20. The molecule has 3 N–H and O–H groups in total. The lowest BCUT2D eigenvalue weighted by molar-refractivity contribution is -0.122. The Morgan fingerprint density at radius 2 is 2.08 bits per heavy atom. The van der Waals surface area contributed by atoms with Gasteiger partial charge in [-0.2, -0.15) is 5.10 Å². The van der Waals surface area contributed by atoms with E-state index in [1.165, 1.54) is 11.3 Å². The van der Waals surface area contributed by atoms with E-state index in [-0.39, 0.29) is 24.2 Å². The Morgan fingerprint density at radius 3 is 2.71 bits per heavy atom. The number of hydrogen-bond donors (Lipinski definition) is 3. The normalized spacial score (nSPS) is 11.8. The summed E-state index contributed by atoms with van der Waals surface area (Å²) in [5, 5.41) is 13.9. The van der Waals surface area contributed by atoms with Crippen LogP contribution < -0.4 is 16.0 Å². The van der Waals surface area contributed by atoms with Crippen molar-refractivity contribution in [1.29, 1.82) is 0 Å². The predicted octanol–water partition coefficient (Wildman–Crippen LogP) is 1.21. The van der Waals surface area contributed by atoms with Crippen molar-refractivity contribution in [3.05, 3.63) is 16.6 Å². The van der Waals surface area contributed by atoms with Crippen molar-refractivity contribution < 1.29 is 9.59 Å². The highest BCUT2D eigenvalue weighted by Crippen LogP contribution is 2.27. The van der Waals surface area contributed by atoms with Crippen molar-refractivity contribution in [1.82, 2.24) is 25.7 Å².